The fourth-order valence-corrected chi connectivity index (χ4v) is 3.62. The number of benzene rings is 1. The first-order chi connectivity index (χ1) is 14.4. The Bertz CT molecular complexity index is 1010. The van der Waals surface area contributed by atoms with E-state index < -0.39 is 0 Å². The molecule has 2 heterocycles. The molecule has 0 atom stereocenters. The Hall–Kier alpha value is -2.97. The molecule has 0 spiro atoms. The van der Waals surface area contributed by atoms with E-state index in [-0.39, 0.29) is 18.0 Å². The molecule has 9 heteroatoms. The van der Waals surface area contributed by atoms with E-state index in [0.717, 1.165) is 5.56 Å². The fourth-order valence-electron chi connectivity index (χ4n) is 2.66. The third kappa shape index (κ3) is 6.01. The van der Waals surface area contributed by atoms with E-state index in [9.17, 15) is 9.59 Å². The summed E-state index contributed by atoms with van der Waals surface area (Å²) in [5.74, 6) is -0.256. The van der Waals surface area contributed by atoms with Gasteiger partial charge in [0, 0.05) is 41.1 Å². The standard InChI is InChI=1S/C21H22ClN5O2S/c1-14(2)27(21(29)25-17-5-3-4-16(22)10-17)12-19-26-18(13-30-19)20(28)24-11-15-6-8-23-9-7-15/h3-10,13-14H,11-12H2,1-2H3,(H,24,28)(H,25,29). The zero-order valence-electron chi connectivity index (χ0n) is 16.6. The number of pyridine rings is 1. The smallest absolute Gasteiger partial charge is 0.322 e. The lowest BCUT2D eigenvalue weighted by Crippen LogP contribution is -2.39. The zero-order chi connectivity index (χ0) is 21.5. The summed E-state index contributed by atoms with van der Waals surface area (Å²) < 4.78 is 0. The van der Waals surface area contributed by atoms with Gasteiger partial charge in [-0.25, -0.2) is 9.78 Å². The van der Waals surface area contributed by atoms with Crippen molar-refractivity contribution in [3.05, 3.63) is 75.5 Å². The summed E-state index contributed by atoms with van der Waals surface area (Å²) in [7, 11) is 0. The second kappa shape index (κ2) is 10.2. The van der Waals surface area contributed by atoms with Gasteiger partial charge in [0.25, 0.3) is 5.91 Å². The first-order valence-electron chi connectivity index (χ1n) is 9.37. The van der Waals surface area contributed by atoms with Crippen LogP contribution in [0.3, 0.4) is 0 Å². The number of rotatable bonds is 7. The highest BCUT2D eigenvalue weighted by atomic mass is 35.5. The molecular weight excluding hydrogens is 422 g/mol. The number of nitrogens with zero attached hydrogens (tertiary/aromatic N) is 3. The molecule has 3 amide bonds. The van der Waals surface area contributed by atoms with Crippen LogP contribution in [0.4, 0.5) is 10.5 Å². The van der Waals surface area contributed by atoms with Gasteiger partial charge in [0.1, 0.15) is 10.7 Å². The maximum Gasteiger partial charge on any atom is 0.322 e. The van der Waals surface area contributed by atoms with E-state index in [4.69, 9.17) is 11.6 Å². The molecule has 1 aromatic carbocycles. The van der Waals surface area contributed by atoms with Crippen LogP contribution in [0.1, 0.15) is 34.9 Å². The number of hydrogen-bond donors (Lipinski definition) is 2. The van der Waals surface area contributed by atoms with Gasteiger partial charge in [0.05, 0.1) is 6.54 Å². The summed E-state index contributed by atoms with van der Waals surface area (Å²) in [4.78, 5) is 35.1. The number of halogens is 1. The molecule has 3 aromatic rings. The third-order valence-corrected chi connectivity index (χ3v) is 5.32. The van der Waals surface area contributed by atoms with Gasteiger partial charge < -0.3 is 15.5 Å². The number of nitrogens with one attached hydrogen (secondary N) is 2. The highest BCUT2D eigenvalue weighted by Gasteiger charge is 2.20. The van der Waals surface area contributed by atoms with Crippen LogP contribution in [0.2, 0.25) is 5.02 Å². The minimum absolute atomic E-state index is 0.0583. The summed E-state index contributed by atoms with van der Waals surface area (Å²) in [6, 6.07) is 10.3. The lowest BCUT2D eigenvalue weighted by atomic mass is 10.2. The Labute approximate surface area is 184 Å². The summed E-state index contributed by atoms with van der Waals surface area (Å²) >= 11 is 7.33. The molecule has 2 N–H and O–H groups in total. The number of aromatic nitrogens is 2. The molecule has 0 aliphatic heterocycles. The van der Waals surface area contributed by atoms with Gasteiger partial charge in [0.2, 0.25) is 0 Å². The van der Waals surface area contributed by atoms with Gasteiger partial charge in [-0.1, -0.05) is 17.7 Å². The van der Waals surface area contributed by atoms with Crippen LogP contribution in [0.5, 0.6) is 0 Å². The van der Waals surface area contributed by atoms with E-state index in [1.807, 2.05) is 26.0 Å². The molecule has 7 nitrogen and oxygen atoms in total. The molecule has 2 aromatic heterocycles. The van der Waals surface area contributed by atoms with Crippen molar-refractivity contribution in [2.45, 2.75) is 33.0 Å². The predicted molar refractivity (Wildman–Crippen MR) is 119 cm³/mol. The van der Waals surface area contributed by atoms with E-state index in [1.165, 1.54) is 11.3 Å². The Balaban J connectivity index is 1.61. The van der Waals surface area contributed by atoms with Gasteiger partial charge in [-0.3, -0.25) is 9.78 Å². The van der Waals surface area contributed by atoms with Gasteiger partial charge in [0.15, 0.2) is 0 Å². The summed E-state index contributed by atoms with van der Waals surface area (Å²) in [6.45, 7) is 4.54. The molecule has 0 saturated heterocycles. The fraction of sp³-hybridized carbons (Fsp3) is 0.238. The Kier molecular flexibility index (Phi) is 7.37. The average molecular weight is 444 g/mol. The van der Waals surface area contributed by atoms with Crippen LogP contribution in [0, 0.1) is 0 Å². The first kappa shape index (κ1) is 21.7. The Morgan fingerprint density at radius 2 is 1.97 bits per heavy atom. The van der Waals surface area contributed by atoms with Crippen molar-refractivity contribution < 1.29 is 9.59 Å². The van der Waals surface area contributed by atoms with Crippen LogP contribution in [0.15, 0.2) is 54.2 Å². The van der Waals surface area contributed by atoms with Crippen LogP contribution in [-0.2, 0) is 13.1 Å². The largest absolute Gasteiger partial charge is 0.347 e. The van der Waals surface area contributed by atoms with Gasteiger partial charge >= 0.3 is 6.03 Å². The predicted octanol–water partition coefficient (Wildman–Crippen LogP) is 4.56. The Morgan fingerprint density at radius 3 is 2.67 bits per heavy atom. The van der Waals surface area contributed by atoms with E-state index >= 15 is 0 Å². The van der Waals surface area contributed by atoms with Crippen molar-refractivity contribution in [3.63, 3.8) is 0 Å². The molecule has 0 aliphatic carbocycles. The highest BCUT2D eigenvalue weighted by Crippen LogP contribution is 2.18. The van der Waals surface area contributed by atoms with Gasteiger partial charge in [-0.15, -0.1) is 11.3 Å². The van der Waals surface area contributed by atoms with Crippen molar-refractivity contribution in [2.24, 2.45) is 0 Å². The van der Waals surface area contributed by atoms with E-state index in [0.29, 0.717) is 34.5 Å². The summed E-state index contributed by atoms with van der Waals surface area (Å²) in [5, 5.41) is 8.61. The molecule has 0 aliphatic rings. The maximum absolute atomic E-state index is 12.7. The minimum atomic E-state index is -0.258. The first-order valence-corrected chi connectivity index (χ1v) is 10.6. The summed E-state index contributed by atoms with van der Waals surface area (Å²) in [5.41, 5.74) is 1.91. The number of carbonyl (C=O) groups excluding carboxylic acids is 2. The lowest BCUT2D eigenvalue weighted by Gasteiger charge is -2.26. The van der Waals surface area contributed by atoms with Crippen LogP contribution >= 0.6 is 22.9 Å². The SMILES string of the molecule is CC(C)N(Cc1nc(C(=O)NCc2ccncc2)cs1)C(=O)Nc1cccc(Cl)c1. The topological polar surface area (TPSA) is 87.2 Å². The van der Waals surface area contributed by atoms with E-state index in [1.54, 1.807) is 46.9 Å². The average Bonchev–Trinajstić information content (AvgIpc) is 3.19. The van der Waals surface area contributed by atoms with Crippen molar-refractivity contribution in [1.82, 2.24) is 20.2 Å². The molecular formula is C21H22ClN5O2S. The molecule has 0 unspecified atom stereocenters. The number of amides is 3. The normalized spacial score (nSPS) is 10.7. The van der Waals surface area contributed by atoms with Crippen molar-refractivity contribution in [1.29, 1.82) is 0 Å². The zero-order valence-corrected chi connectivity index (χ0v) is 18.2. The third-order valence-electron chi connectivity index (χ3n) is 4.25. The second-order valence-corrected chi connectivity index (χ2v) is 8.21. The molecule has 0 bridgehead atoms. The number of hydrogen-bond acceptors (Lipinski definition) is 5. The maximum atomic E-state index is 12.7. The molecule has 0 radical (unpaired) electrons. The molecule has 156 valence electrons. The van der Waals surface area contributed by atoms with Crippen LogP contribution in [-0.4, -0.2) is 32.8 Å². The molecule has 3 rings (SSSR count). The molecule has 0 fully saturated rings. The second-order valence-electron chi connectivity index (χ2n) is 6.83. The van der Waals surface area contributed by atoms with Gasteiger partial charge in [-0.05, 0) is 49.7 Å². The highest BCUT2D eigenvalue weighted by molar-refractivity contribution is 7.09. The van der Waals surface area contributed by atoms with Crippen LogP contribution in [0.25, 0.3) is 0 Å². The summed E-state index contributed by atoms with van der Waals surface area (Å²) in [6.07, 6.45) is 3.36. The monoisotopic (exact) mass is 443 g/mol. The molecule has 0 saturated carbocycles. The van der Waals surface area contributed by atoms with E-state index in [2.05, 4.69) is 20.6 Å². The lowest BCUT2D eigenvalue weighted by molar-refractivity contribution is 0.0946. The van der Waals surface area contributed by atoms with Crippen molar-refractivity contribution in [2.75, 3.05) is 5.32 Å². The number of carbonyl (C=O) groups is 2. The minimum Gasteiger partial charge on any atom is -0.347 e. The van der Waals surface area contributed by atoms with Crippen LogP contribution < -0.4 is 10.6 Å². The van der Waals surface area contributed by atoms with Crippen molar-refractivity contribution in [3.8, 4) is 0 Å². The number of anilines is 1. The van der Waals surface area contributed by atoms with Gasteiger partial charge in [-0.2, -0.15) is 0 Å². The Morgan fingerprint density at radius 1 is 1.20 bits per heavy atom. The number of thiazole rings is 1. The number of urea groups is 1. The quantitative estimate of drug-likeness (QED) is 0.560. The molecule has 30 heavy (non-hydrogen) atoms. The van der Waals surface area contributed by atoms with Crippen molar-refractivity contribution >= 4 is 40.6 Å².